The van der Waals surface area contributed by atoms with Gasteiger partial charge >= 0.3 is 0 Å². The zero-order valence-electron chi connectivity index (χ0n) is 14.0. The quantitative estimate of drug-likeness (QED) is 0.592. The van der Waals surface area contributed by atoms with E-state index in [2.05, 4.69) is 5.32 Å². The van der Waals surface area contributed by atoms with Gasteiger partial charge in [-0.15, -0.1) is 0 Å². The van der Waals surface area contributed by atoms with Crippen molar-refractivity contribution in [2.45, 2.75) is 6.92 Å². The minimum absolute atomic E-state index is 0.182. The Hall–Kier alpha value is -4.09. The molecule has 2 aromatic rings. The molecule has 0 bridgehead atoms. The van der Waals surface area contributed by atoms with Crippen molar-refractivity contribution in [2.24, 2.45) is 0 Å². The van der Waals surface area contributed by atoms with Crippen LogP contribution in [0.25, 0.3) is 0 Å². The predicted octanol–water partition coefficient (Wildman–Crippen LogP) is 2.98. The number of amides is 1. The first-order chi connectivity index (χ1) is 12.6. The summed E-state index contributed by atoms with van der Waals surface area (Å²) in [5, 5.41) is 35.6. The van der Waals surface area contributed by atoms with Crippen molar-refractivity contribution >= 4 is 28.7 Å². The van der Waals surface area contributed by atoms with Crippen LogP contribution in [0.3, 0.4) is 0 Å². The Morgan fingerprint density at radius 1 is 0.926 bits per heavy atom. The first-order valence-electron chi connectivity index (χ1n) is 7.23. The van der Waals surface area contributed by atoms with Gasteiger partial charge < -0.3 is 10.1 Å². The number of nitro groups is 3. The molecule has 2 rings (SSSR count). The second-order valence-electron chi connectivity index (χ2n) is 5.25. The molecule has 0 aromatic heterocycles. The number of carbonyl (C=O) groups excluding carboxylic acids is 1. The van der Waals surface area contributed by atoms with Gasteiger partial charge in [-0.2, -0.15) is 0 Å². The first kappa shape index (κ1) is 19.2. The Morgan fingerprint density at radius 2 is 1.44 bits per heavy atom. The molecule has 27 heavy (non-hydrogen) atoms. The van der Waals surface area contributed by atoms with Crippen molar-refractivity contribution < 1.29 is 24.3 Å². The number of hydrogen-bond acceptors (Lipinski definition) is 8. The molecule has 0 atom stereocenters. The van der Waals surface area contributed by atoms with Crippen molar-refractivity contribution in [1.29, 1.82) is 0 Å². The zero-order valence-corrected chi connectivity index (χ0v) is 14.0. The second kappa shape index (κ2) is 7.43. The highest BCUT2D eigenvalue weighted by Crippen LogP contribution is 2.32. The molecule has 2 aromatic carbocycles. The van der Waals surface area contributed by atoms with Gasteiger partial charge in [0.05, 0.1) is 33.5 Å². The van der Waals surface area contributed by atoms with E-state index in [9.17, 15) is 35.1 Å². The lowest BCUT2D eigenvalue weighted by molar-refractivity contribution is -0.395. The lowest BCUT2D eigenvalue weighted by atomic mass is 10.1. The van der Waals surface area contributed by atoms with Crippen LogP contribution in [0, 0.1) is 37.3 Å². The van der Waals surface area contributed by atoms with Crippen LogP contribution in [0.5, 0.6) is 5.75 Å². The van der Waals surface area contributed by atoms with Crippen LogP contribution in [-0.4, -0.2) is 27.8 Å². The van der Waals surface area contributed by atoms with Crippen molar-refractivity contribution in [2.75, 3.05) is 12.4 Å². The third kappa shape index (κ3) is 3.95. The van der Waals surface area contributed by atoms with E-state index in [4.69, 9.17) is 4.74 Å². The molecule has 0 fully saturated rings. The molecule has 1 N–H and O–H groups in total. The second-order valence-corrected chi connectivity index (χ2v) is 5.25. The highest BCUT2D eigenvalue weighted by Gasteiger charge is 2.26. The van der Waals surface area contributed by atoms with Crippen LogP contribution in [-0.2, 0) is 0 Å². The van der Waals surface area contributed by atoms with Gasteiger partial charge in [-0.05, 0) is 19.1 Å². The average Bonchev–Trinajstić information content (AvgIpc) is 2.61. The van der Waals surface area contributed by atoms with E-state index in [1.807, 2.05) is 0 Å². The summed E-state index contributed by atoms with van der Waals surface area (Å²) in [6.07, 6.45) is 0. The van der Waals surface area contributed by atoms with Gasteiger partial charge in [-0.3, -0.25) is 35.1 Å². The Bertz CT molecular complexity index is 937. The van der Waals surface area contributed by atoms with E-state index in [-0.39, 0.29) is 22.6 Å². The summed E-state index contributed by atoms with van der Waals surface area (Å²) >= 11 is 0. The molecule has 12 nitrogen and oxygen atoms in total. The Morgan fingerprint density at radius 3 is 1.89 bits per heavy atom. The summed E-state index contributed by atoms with van der Waals surface area (Å²) in [4.78, 5) is 43.3. The van der Waals surface area contributed by atoms with Gasteiger partial charge in [0, 0.05) is 12.1 Å². The van der Waals surface area contributed by atoms with Gasteiger partial charge in [-0.1, -0.05) is 0 Å². The van der Waals surface area contributed by atoms with Gasteiger partial charge in [0.25, 0.3) is 23.0 Å². The minimum Gasteiger partial charge on any atom is -0.496 e. The predicted molar refractivity (Wildman–Crippen MR) is 92.1 cm³/mol. The number of nitrogens with zero attached hydrogens (tertiary/aromatic N) is 3. The Balaban J connectivity index is 2.49. The summed E-state index contributed by atoms with van der Waals surface area (Å²) in [6.45, 7) is 1.19. The number of ether oxygens (including phenoxy) is 1. The number of anilines is 1. The number of benzene rings is 2. The highest BCUT2D eigenvalue weighted by molar-refractivity contribution is 6.06. The molecule has 0 spiro atoms. The standard InChI is InChI=1S/C15H12N4O8/c1-8-12(17(21)22)5-9(6-13(8)18(23)24)15(20)16-11-4-3-10(27-2)7-14(11)19(25)26/h3-7H,1-2H3,(H,16,20). The van der Waals surface area contributed by atoms with E-state index >= 15 is 0 Å². The summed E-state index contributed by atoms with van der Waals surface area (Å²) < 4.78 is 4.88. The molecule has 0 aliphatic carbocycles. The molecule has 12 heteroatoms. The average molecular weight is 376 g/mol. The lowest BCUT2D eigenvalue weighted by Crippen LogP contribution is -2.14. The minimum atomic E-state index is -0.977. The van der Waals surface area contributed by atoms with Crippen molar-refractivity contribution in [1.82, 2.24) is 0 Å². The van der Waals surface area contributed by atoms with Crippen molar-refractivity contribution in [3.05, 3.63) is 71.8 Å². The summed E-state index contributed by atoms with van der Waals surface area (Å²) in [5.41, 5.74) is -2.49. The van der Waals surface area contributed by atoms with Crippen molar-refractivity contribution in [3.8, 4) is 5.75 Å². The fourth-order valence-electron chi connectivity index (χ4n) is 2.28. The Labute approximate surface area is 150 Å². The maximum Gasteiger partial charge on any atom is 0.296 e. The monoisotopic (exact) mass is 376 g/mol. The normalized spacial score (nSPS) is 10.1. The van der Waals surface area contributed by atoms with Crippen LogP contribution in [0.15, 0.2) is 30.3 Å². The smallest absolute Gasteiger partial charge is 0.296 e. The zero-order chi connectivity index (χ0) is 20.3. The third-order valence-electron chi connectivity index (χ3n) is 3.66. The van der Waals surface area contributed by atoms with Gasteiger partial charge in [0.15, 0.2) is 0 Å². The SMILES string of the molecule is COc1ccc(NC(=O)c2cc([N+](=O)[O-])c(C)c([N+](=O)[O-])c2)c([N+](=O)[O-])c1. The van der Waals surface area contributed by atoms with E-state index in [1.54, 1.807) is 0 Å². The number of hydrogen-bond donors (Lipinski definition) is 1. The van der Waals surface area contributed by atoms with Gasteiger partial charge in [0.1, 0.15) is 17.0 Å². The van der Waals surface area contributed by atoms with Gasteiger partial charge in [-0.25, -0.2) is 0 Å². The molecule has 0 aliphatic rings. The van der Waals surface area contributed by atoms with Crippen LogP contribution in [0.1, 0.15) is 15.9 Å². The van der Waals surface area contributed by atoms with E-state index in [1.165, 1.54) is 26.2 Å². The molecule has 0 saturated heterocycles. The highest BCUT2D eigenvalue weighted by atomic mass is 16.6. The lowest BCUT2D eigenvalue weighted by Gasteiger charge is -2.08. The molecule has 140 valence electrons. The fourth-order valence-corrected chi connectivity index (χ4v) is 2.28. The molecule has 0 unspecified atom stereocenters. The van der Waals surface area contributed by atoms with Crippen LogP contribution in [0.2, 0.25) is 0 Å². The number of rotatable bonds is 6. The number of carbonyl (C=O) groups is 1. The molecule has 0 heterocycles. The summed E-state index contributed by atoms with van der Waals surface area (Å²) in [6, 6.07) is 5.39. The molecule has 0 saturated carbocycles. The fraction of sp³-hybridized carbons (Fsp3) is 0.133. The topological polar surface area (TPSA) is 168 Å². The number of methoxy groups -OCH3 is 1. The third-order valence-corrected chi connectivity index (χ3v) is 3.66. The molecule has 0 radical (unpaired) electrons. The van der Waals surface area contributed by atoms with Crippen LogP contribution < -0.4 is 10.1 Å². The van der Waals surface area contributed by atoms with Crippen LogP contribution >= 0.6 is 0 Å². The number of nitro benzene ring substituents is 3. The molecule has 0 aliphatic heterocycles. The maximum absolute atomic E-state index is 12.4. The molecule has 1 amide bonds. The van der Waals surface area contributed by atoms with E-state index in [0.717, 1.165) is 18.2 Å². The molecular weight excluding hydrogens is 364 g/mol. The Kier molecular flexibility index (Phi) is 5.29. The van der Waals surface area contributed by atoms with Gasteiger partial charge in [0.2, 0.25) is 0 Å². The summed E-state index contributed by atoms with van der Waals surface area (Å²) in [5.74, 6) is -0.796. The molecular formula is C15H12N4O8. The van der Waals surface area contributed by atoms with Crippen molar-refractivity contribution in [3.63, 3.8) is 0 Å². The van der Waals surface area contributed by atoms with E-state index in [0.29, 0.717) is 0 Å². The number of nitrogens with one attached hydrogen (secondary N) is 1. The maximum atomic E-state index is 12.4. The first-order valence-corrected chi connectivity index (χ1v) is 7.23. The van der Waals surface area contributed by atoms with E-state index < -0.39 is 37.7 Å². The largest absolute Gasteiger partial charge is 0.496 e. The van der Waals surface area contributed by atoms with Crippen LogP contribution in [0.4, 0.5) is 22.7 Å². The summed E-state index contributed by atoms with van der Waals surface area (Å²) in [7, 11) is 1.31.